The van der Waals surface area contributed by atoms with Gasteiger partial charge in [-0.05, 0) is 42.3 Å². The number of rotatable bonds is 8. The lowest BCUT2D eigenvalue weighted by Crippen LogP contribution is -2.40. The van der Waals surface area contributed by atoms with Crippen molar-refractivity contribution in [3.8, 4) is 17.0 Å². The van der Waals surface area contributed by atoms with E-state index < -0.39 is 52.4 Å². The zero-order chi connectivity index (χ0) is 27.7. The first-order valence-electron chi connectivity index (χ1n) is 11.3. The number of nitrogens with zero attached hydrogens (tertiary/aromatic N) is 4. The largest absolute Gasteiger partial charge is 0.495 e. The number of carbonyl (C=O) groups is 1. The maximum absolute atomic E-state index is 14.3. The molecular weight excluding hydrogens is 535 g/mol. The fraction of sp³-hybridized carbons (Fsp3) is 0.333. The summed E-state index contributed by atoms with van der Waals surface area (Å²) in [6.45, 7) is -0.507. The zero-order valence-electron chi connectivity index (χ0n) is 19.8. The van der Waals surface area contributed by atoms with Gasteiger partial charge >= 0.3 is 6.18 Å². The summed E-state index contributed by atoms with van der Waals surface area (Å²) in [6.07, 6.45) is -3.44. The van der Waals surface area contributed by atoms with Crippen LogP contribution in [0.3, 0.4) is 0 Å². The second-order valence-electron chi connectivity index (χ2n) is 8.52. The third kappa shape index (κ3) is 5.80. The highest BCUT2D eigenvalue weighted by Gasteiger charge is 2.43. The van der Waals surface area contributed by atoms with Gasteiger partial charge in [0.25, 0.3) is 0 Å². The number of hydrogen-bond acceptors (Lipinski definition) is 7. The van der Waals surface area contributed by atoms with Crippen LogP contribution in [-0.4, -0.2) is 59.3 Å². The molecule has 202 valence electrons. The number of ketones is 1. The summed E-state index contributed by atoms with van der Waals surface area (Å²) in [4.78, 5) is 23.6. The van der Waals surface area contributed by atoms with Gasteiger partial charge in [-0.2, -0.15) is 17.5 Å². The number of ether oxygens (including phenoxy) is 1. The summed E-state index contributed by atoms with van der Waals surface area (Å²) in [5, 5.41) is 0. The van der Waals surface area contributed by atoms with Gasteiger partial charge in [-0.15, -0.1) is 0 Å². The molecule has 38 heavy (non-hydrogen) atoms. The maximum Gasteiger partial charge on any atom is 0.451 e. The van der Waals surface area contributed by atoms with Crippen molar-refractivity contribution in [1.82, 2.24) is 19.3 Å². The lowest BCUT2D eigenvalue weighted by atomic mass is 10.0. The summed E-state index contributed by atoms with van der Waals surface area (Å²) in [5.41, 5.74) is 0.890. The minimum absolute atomic E-state index is 0.0525. The van der Waals surface area contributed by atoms with Gasteiger partial charge in [-0.25, -0.2) is 27.2 Å². The first-order chi connectivity index (χ1) is 17.9. The monoisotopic (exact) mass is 556 g/mol. The number of methoxy groups -OCH3 is 1. The molecule has 0 bridgehead atoms. The second-order valence-corrected chi connectivity index (χ2v) is 10.4. The number of sulfonamides is 1. The Morgan fingerprint density at radius 3 is 2.37 bits per heavy atom. The molecule has 0 radical (unpaired) electrons. The van der Waals surface area contributed by atoms with E-state index in [1.165, 1.54) is 19.4 Å². The zero-order valence-corrected chi connectivity index (χ0v) is 20.6. The van der Waals surface area contributed by atoms with Crippen molar-refractivity contribution in [2.24, 2.45) is 0 Å². The highest BCUT2D eigenvalue weighted by atomic mass is 32.2. The van der Waals surface area contributed by atoms with Crippen LogP contribution in [0.4, 0.5) is 22.0 Å². The number of carbonyl (C=O) groups excluding carboxylic acids is 1. The molecule has 1 aliphatic rings. The molecule has 1 fully saturated rings. The Bertz CT molecular complexity index is 1420. The number of aromatic nitrogens is 3. The normalized spacial score (nSPS) is 18.5. The number of halogens is 5. The summed E-state index contributed by atoms with van der Waals surface area (Å²) in [5.74, 6) is -2.19. The van der Waals surface area contributed by atoms with E-state index in [0.29, 0.717) is 11.3 Å². The number of aryl methyl sites for hydroxylation is 1. The molecule has 0 unspecified atom stereocenters. The predicted molar refractivity (Wildman–Crippen MR) is 124 cm³/mol. The SMILES string of the molecule is COc1cnc(-c2cnc(C(F)(F)F)nc2)cc1CCC(=O)[C@@H]1C[C@@H](F)CN1S(=O)(=O)c1ccc(F)cc1. The second kappa shape index (κ2) is 10.7. The Kier molecular flexibility index (Phi) is 7.74. The molecule has 0 saturated carbocycles. The van der Waals surface area contributed by atoms with E-state index in [1.807, 2.05) is 0 Å². The van der Waals surface area contributed by atoms with Crippen molar-refractivity contribution >= 4 is 15.8 Å². The standard InChI is InChI=1S/C24H21F5N4O4S/c1-37-22-12-30-19(15-10-31-23(32-11-15)24(27,28)29)8-14(22)2-7-21(34)20-9-17(26)13-33(20)38(35,36)18-5-3-16(25)4-6-18/h3-6,8,10-12,17,20H,2,7,9,13H2,1H3/t17-,20+/m1/s1. The molecule has 3 aromatic rings. The van der Waals surface area contributed by atoms with Gasteiger partial charge in [0.2, 0.25) is 15.8 Å². The van der Waals surface area contributed by atoms with E-state index >= 15 is 0 Å². The lowest BCUT2D eigenvalue weighted by molar-refractivity contribution is -0.145. The van der Waals surface area contributed by atoms with Crippen molar-refractivity contribution in [2.75, 3.05) is 13.7 Å². The van der Waals surface area contributed by atoms with Gasteiger partial charge in [0.05, 0.1) is 29.9 Å². The average molecular weight is 557 g/mol. The summed E-state index contributed by atoms with van der Waals surface area (Å²) in [7, 11) is -2.89. The quantitative estimate of drug-likeness (QED) is 0.387. The topological polar surface area (TPSA) is 102 Å². The van der Waals surface area contributed by atoms with Crippen LogP contribution in [0, 0.1) is 5.82 Å². The third-order valence-corrected chi connectivity index (χ3v) is 7.90. The fourth-order valence-electron chi connectivity index (χ4n) is 4.11. The molecule has 0 N–H and O–H groups in total. The van der Waals surface area contributed by atoms with Crippen LogP contribution in [0.5, 0.6) is 5.75 Å². The van der Waals surface area contributed by atoms with E-state index in [9.17, 15) is 35.2 Å². The van der Waals surface area contributed by atoms with Crippen molar-refractivity contribution in [2.45, 2.75) is 42.5 Å². The molecule has 2 atom stereocenters. The van der Waals surface area contributed by atoms with Crippen LogP contribution in [0.1, 0.15) is 24.2 Å². The summed E-state index contributed by atoms with van der Waals surface area (Å²) >= 11 is 0. The van der Waals surface area contributed by atoms with E-state index in [1.54, 1.807) is 0 Å². The van der Waals surface area contributed by atoms with Crippen molar-refractivity contribution < 1.29 is 39.9 Å². The number of pyridine rings is 1. The fourth-order valence-corrected chi connectivity index (χ4v) is 5.76. The Morgan fingerprint density at radius 1 is 1.11 bits per heavy atom. The minimum Gasteiger partial charge on any atom is -0.495 e. The lowest BCUT2D eigenvalue weighted by Gasteiger charge is -2.23. The van der Waals surface area contributed by atoms with E-state index in [4.69, 9.17) is 4.74 Å². The highest BCUT2D eigenvalue weighted by molar-refractivity contribution is 7.89. The molecule has 1 aromatic carbocycles. The van der Waals surface area contributed by atoms with E-state index in [0.717, 1.165) is 41.0 Å². The third-order valence-electron chi connectivity index (χ3n) is 6.01. The maximum atomic E-state index is 14.3. The van der Waals surface area contributed by atoms with Crippen LogP contribution < -0.4 is 4.74 Å². The number of alkyl halides is 4. The Labute approximate surface area is 214 Å². The van der Waals surface area contributed by atoms with E-state index in [2.05, 4.69) is 15.0 Å². The van der Waals surface area contributed by atoms with Crippen LogP contribution in [0.15, 0.2) is 53.8 Å². The van der Waals surface area contributed by atoms with Crippen LogP contribution in [0.25, 0.3) is 11.3 Å². The molecular formula is C24H21F5N4O4S. The Hall–Kier alpha value is -3.52. The number of hydrogen-bond donors (Lipinski definition) is 0. The van der Waals surface area contributed by atoms with E-state index in [-0.39, 0.29) is 35.4 Å². The molecule has 0 aliphatic carbocycles. The van der Waals surface area contributed by atoms with Gasteiger partial charge < -0.3 is 4.74 Å². The molecule has 0 amide bonds. The highest BCUT2D eigenvalue weighted by Crippen LogP contribution is 2.31. The molecule has 0 spiro atoms. The van der Waals surface area contributed by atoms with Crippen molar-refractivity contribution in [1.29, 1.82) is 0 Å². The molecule has 1 saturated heterocycles. The molecule has 14 heteroatoms. The molecule has 3 heterocycles. The van der Waals surface area contributed by atoms with Crippen LogP contribution in [-0.2, 0) is 27.4 Å². The summed E-state index contributed by atoms with van der Waals surface area (Å²) in [6, 6.07) is 4.26. The van der Waals surface area contributed by atoms with Crippen LogP contribution >= 0.6 is 0 Å². The average Bonchev–Trinajstić information content (AvgIpc) is 3.29. The van der Waals surface area contributed by atoms with Crippen LogP contribution in [0.2, 0.25) is 0 Å². The number of Topliss-reactive ketones (excluding diaryl/α,β-unsaturated/α-hetero) is 1. The molecule has 4 rings (SSSR count). The van der Waals surface area contributed by atoms with Crippen molar-refractivity contribution in [3.63, 3.8) is 0 Å². The minimum atomic E-state index is -4.70. The predicted octanol–water partition coefficient (Wildman–Crippen LogP) is 4.01. The first-order valence-corrected chi connectivity index (χ1v) is 12.7. The van der Waals surface area contributed by atoms with Gasteiger partial charge in [-0.1, -0.05) is 0 Å². The smallest absolute Gasteiger partial charge is 0.451 e. The molecule has 8 nitrogen and oxygen atoms in total. The van der Waals surface area contributed by atoms with Gasteiger partial charge in [0, 0.05) is 37.3 Å². The molecule has 2 aromatic heterocycles. The molecule has 1 aliphatic heterocycles. The van der Waals surface area contributed by atoms with Gasteiger partial charge in [-0.3, -0.25) is 9.78 Å². The Balaban J connectivity index is 1.53. The van der Waals surface area contributed by atoms with Crippen molar-refractivity contribution in [3.05, 3.63) is 66.1 Å². The van der Waals surface area contributed by atoms with Gasteiger partial charge in [0.15, 0.2) is 5.78 Å². The first kappa shape index (κ1) is 27.5. The summed E-state index contributed by atoms with van der Waals surface area (Å²) < 4.78 is 98.0. The van der Waals surface area contributed by atoms with Gasteiger partial charge in [0.1, 0.15) is 17.7 Å². The Morgan fingerprint density at radius 2 is 1.76 bits per heavy atom. The number of benzene rings is 1.